The van der Waals surface area contributed by atoms with Crippen molar-refractivity contribution in [3.05, 3.63) is 99.2 Å². The Morgan fingerprint density at radius 2 is 1.84 bits per heavy atom. The highest BCUT2D eigenvalue weighted by Gasteiger charge is 2.14. The Hall–Kier alpha value is -4.17. The first-order valence-corrected chi connectivity index (χ1v) is 12.8. The van der Waals surface area contributed by atoms with E-state index in [0.29, 0.717) is 40.6 Å². The molecular formula is C29H30N4O3S. The third kappa shape index (κ3) is 6.54. The van der Waals surface area contributed by atoms with E-state index in [0.717, 1.165) is 22.6 Å². The van der Waals surface area contributed by atoms with Crippen LogP contribution in [-0.2, 0) is 13.1 Å². The number of hydrogen-bond donors (Lipinski definition) is 2. The zero-order chi connectivity index (χ0) is 26.2. The standard InChI is InChI=1S/C29H30N4O3S/c1-4-31-25-15-12-23(20(2)34)16-26(25)32-29-33(19-22-8-6-5-7-9-22)28(35)27(37-29)18-30-17-21-10-13-24(36-3)14-11-21/h5-16,18,31,35H,4,17,19H2,1-3H3. The molecule has 0 fully saturated rings. The van der Waals surface area contributed by atoms with E-state index in [1.54, 1.807) is 30.0 Å². The molecule has 1 heterocycles. The molecule has 0 saturated heterocycles. The van der Waals surface area contributed by atoms with Gasteiger partial charge in [-0.05, 0) is 55.3 Å². The Bertz CT molecular complexity index is 1460. The van der Waals surface area contributed by atoms with E-state index >= 15 is 0 Å². The van der Waals surface area contributed by atoms with Crippen molar-refractivity contribution in [2.75, 3.05) is 19.0 Å². The largest absolute Gasteiger partial charge is 0.497 e. The van der Waals surface area contributed by atoms with Crippen LogP contribution in [0.15, 0.2) is 82.8 Å². The average Bonchev–Trinajstić information content (AvgIpc) is 3.19. The molecule has 4 aromatic rings. The van der Waals surface area contributed by atoms with E-state index in [-0.39, 0.29) is 11.7 Å². The van der Waals surface area contributed by atoms with Crippen LogP contribution in [0.5, 0.6) is 11.6 Å². The number of aromatic hydroxyl groups is 1. The molecule has 1 aromatic heterocycles. The van der Waals surface area contributed by atoms with E-state index in [2.05, 4.69) is 10.3 Å². The highest BCUT2D eigenvalue weighted by molar-refractivity contribution is 7.11. The van der Waals surface area contributed by atoms with Gasteiger partial charge in [0, 0.05) is 18.3 Å². The zero-order valence-electron chi connectivity index (χ0n) is 21.1. The lowest BCUT2D eigenvalue weighted by atomic mass is 10.1. The number of aliphatic imine (C=N–C) groups is 1. The molecule has 0 aliphatic carbocycles. The second-order valence-corrected chi connectivity index (χ2v) is 9.40. The average molecular weight is 515 g/mol. The summed E-state index contributed by atoms with van der Waals surface area (Å²) >= 11 is 1.35. The number of nitrogens with one attached hydrogen (secondary N) is 1. The number of hydrogen-bond acceptors (Lipinski definition) is 7. The van der Waals surface area contributed by atoms with Gasteiger partial charge in [-0.3, -0.25) is 14.4 Å². The van der Waals surface area contributed by atoms with Gasteiger partial charge >= 0.3 is 0 Å². The summed E-state index contributed by atoms with van der Waals surface area (Å²) in [4.78, 5) is 22.7. The molecule has 0 atom stereocenters. The molecule has 0 aliphatic heterocycles. The van der Waals surface area contributed by atoms with Crippen molar-refractivity contribution in [1.82, 2.24) is 4.57 Å². The molecule has 0 amide bonds. The number of ether oxygens (including phenoxy) is 1. The predicted molar refractivity (Wildman–Crippen MR) is 150 cm³/mol. The molecule has 0 bridgehead atoms. The molecule has 0 radical (unpaired) electrons. The van der Waals surface area contributed by atoms with Crippen molar-refractivity contribution < 1.29 is 14.6 Å². The Morgan fingerprint density at radius 1 is 1.08 bits per heavy atom. The van der Waals surface area contributed by atoms with Crippen LogP contribution in [0, 0.1) is 0 Å². The number of ketones is 1. The molecule has 3 aromatic carbocycles. The van der Waals surface area contributed by atoms with Crippen molar-refractivity contribution in [2.45, 2.75) is 26.9 Å². The highest BCUT2D eigenvalue weighted by atomic mass is 32.1. The van der Waals surface area contributed by atoms with Crippen LogP contribution in [0.1, 0.15) is 40.2 Å². The Balaban J connectivity index is 1.75. The predicted octanol–water partition coefficient (Wildman–Crippen LogP) is 5.80. The number of aromatic nitrogens is 1. The lowest BCUT2D eigenvalue weighted by Crippen LogP contribution is -2.15. The minimum Gasteiger partial charge on any atom is -0.497 e. The summed E-state index contributed by atoms with van der Waals surface area (Å²) in [6, 6.07) is 23.1. The second kappa shape index (κ2) is 12.2. The van der Waals surface area contributed by atoms with Gasteiger partial charge in [-0.25, -0.2) is 4.99 Å². The van der Waals surface area contributed by atoms with Crippen molar-refractivity contribution in [2.24, 2.45) is 9.98 Å². The third-order valence-corrected chi connectivity index (χ3v) is 6.72. The Kier molecular flexibility index (Phi) is 8.53. The maximum atomic E-state index is 12.0. The van der Waals surface area contributed by atoms with Crippen LogP contribution in [0.4, 0.5) is 11.4 Å². The molecule has 0 aliphatic rings. The molecular weight excluding hydrogens is 484 g/mol. The molecule has 37 heavy (non-hydrogen) atoms. The van der Waals surface area contributed by atoms with E-state index < -0.39 is 0 Å². The molecule has 190 valence electrons. The number of Topliss-reactive ketones (excluding diaryl/α,β-unsaturated/α-hetero) is 1. The van der Waals surface area contributed by atoms with Crippen molar-refractivity contribution in [3.63, 3.8) is 0 Å². The Morgan fingerprint density at radius 3 is 2.51 bits per heavy atom. The topological polar surface area (TPSA) is 88.2 Å². The van der Waals surface area contributed by atoms with Gasteiger partial charge in [0.15, 0.2) is 10.6 Å². The molecule has 4 rings (SSSR count). The summed E-state index contributed by atoms with van der Waals surface area (Å²) in [5.74, 6) is 0.860. The summed E-state index contributed by atoms with van der Waals surface area (Å²) in [6.45, 7) is 5.17. The fourth-order valence-electron chi connectivity index (χ4n) is 3.75. The van der Waals surface area contributed by atoms with Crippen LogP contribution in [0.2, 0.25) is 0 Å². The van der Waals surface area contributed by atoms with Crippen molar-refractivity contribution >= 4 is 34.7 Å². The smallest absolute Gasteiger partial charge is 0.213 e. The summed E-state index contributed by atoms with van der Waals surface area (Å²) in [5.41, 5.74) is 4.10. The fraction of sp³-hybridized carbons (Fsp3) is 0.207. The first-order valence-electron chi connectivity index (χ1n) is 12.0. The second-order valence-electron chi connectivity index (χ2n) is 8.39. The first-order chi connectivity index (χ1) is 18.0. The number of methoxy groups -OCH3 is 1. The minimum atomic E-state index is -0.0305. The van der Waals surface area contributed by atoms with Crippen LogP contribution >= 0.6 is 11.3 Å². The van der Waals surface area contributed by atoms with E-state index in [1.165, 1.54) is 18.3 Å². The summed E-state index contributed by atoms with van der Waals surface area (Å²) < 4.78 is 6.98. The number of benzene rings is 3. The molecule has 7 nitrogen and oxygen atoms in total. The van der Waals surface area contributed by atoms with Crippen LogP contribution in [-0.4, -0.2) is 35.3 Å². The van der Waals surface area contributed by atoms with Gasteiger partial charge in [0.05, 0.1) is 31.6 Å². The van der Waals surface area contributed by atoms with Crippen LogP contribution in [0.3, 0.4) is 0 Å². The van der Waals surface area contributed by atoms with E-state index in [9.17, 15) is 9.90 Å². The number of carbonyl (C=O) groups is 1. The van der Waals surface area contributed by atoms with Crippen molar-refractivity contribution in [3.8, 4) is 11.6 Å². The van der Waals surface area contributed by atoms with Crippen LogP contribution < -0.4 is 14.9 Å². The maximum Gasteiger partial charge on any atom is 0.213 e. The van der Waals surface area contributed by atoms with Gasteiger partial charge in [0.25, 0.3) is 0 Å². The summed E-state index contributed by atoms with van der Waals surface area (Å²) in [7, 11) is 1.64. The van der Waals surface area contributed by atoms with E-state index in [4.69, 9.17) is 9.73 Å². The molecule has 8 heteroatoms. The fourth-order valence-corrected chi connectivity index (χ4v) is 4.68. The van der Waals surface area contributed by atoms with Gasteiger partial charge in [-0.15, -0.1) is 0 Å². The number of thiazole rings is 1. The number of rotatable bonds is 10. The zero-order valence-corrected chi connectivity index (χ0v) is 22.0. The molecule has 0 saturated carbocycles. The van der Waals surface area contributed by atoms with Gasteiger partial charge in [-0.1, -0.05) is 53.8 Å². The Labute approximate surface area is 220 Å². The molecule has 2 N–H and O–H groups in total. The van der Waals surface area contributed by atoms with E-state index in [1.807, 2.05) is 67.6 Å². The lowest BCUT2D eigenvalue weighted by molar-refractivity contribution is 0.101. The van der Waals surface area contributed by atoms with Crippen molar-refractivity contribution in [1.29, 1.82) is 0 Å². The molecule has 0 unspecified atom stereocenters. The van der Waals surface area contributed by atoms with Crippen LogP contribution in [0.25, 0.3) is 0 Å². The summed E-state index contributed by atoms with van der Waals surface area (Å²) in [5, 5.41) is 14.5. The number of nitrogens with zero attached hydrogens (tertiary/aromatic N) is 3. The SMILES string of the molecule is CCNc1ccc(C(C)=O)cc1N=c1sc(C=NCc2ccc(OC)cc2)c(O)n1Cc1ccccc1. The van der Waals surface area contributed by atoms with Gasteiger partial charge in [0.1, 0.15) is 10.6 Å². The minimum absolute atomic E-state index is 0.0305. The number of carbonyl (C=O) groups excluding carboxylic acids is 1. The monoisotopic (exact) mass is 514 g/mol. The maximum absolute atomic E-state index is 12.0. The highest BCUT2D eigenvalue weighted by Crippen LogP contribution is 2.28. The first kappa shape index (κ1) is 25.9. The molecule has 0 spiro atoms. The third-order valence-electron chi connectivity index (χ3n) is 5.72. The quantitative estimate of drug-likeness (QED) is 0.207. The lowest BCUT2D eigenvalue weighted by Gasteiger charge is -2.09. The van der Waals surface area contributed by atoms with Gasteiger partial charge < -0.3 is 15.2 Å². The normalized spacial score (nSPS) is 11.7. The van der Waals surface area contributed by atoms with Gasteiger partial charge in [-0.2, -0.15) is 0 Å². The summed E-state index contributed by atoms with van der Waals surface area (Å²) in [6.07, 6.45) is 1.68. The van der Waals surface area contributed by atoms with Gasteiger partial charge in [0.2, 0.25) is 5.88 Å². The number of anilines is 1.